The molecule has 0 heterocycles. The van der Waals surface area contributed by atoms with Gasteiger partial charge in [0.15, 0.2) is 0 Å². The maximum atomic E-state index is 12.1. The van der Waals surface area contributed by atoms with Gasteiger partial charge in [0.25, 0.3) is 5.91 Å². The first-order valence-corrected chi connectivity index (χ1v) is 8.09. The highest BCUT2D eigenvalue weighted by molar-refractivity contribution is 14.1. The van der Waals surface area contributed by atoms with Gasteiger partial charge in [0.05, 0.1) is 5.56 Å². The molecule has 0 aliphatic heterocycles. The van der Waals surface area contributed by atoms with Gasteiger partial charge in [-0.2, -0.15) is 0 Å². The molecule has 1 rings (SSSR count). The van der Waals surface area contributed by atoms with E-state index in [4.69, 9.17) is 0 Å². The number of hydrogen-bond acceptors (Lipinski definition) is 1. The number of rotatable bonds is 4. The van der Waals surface area contributed by atoms with Crippen molar-refractivity contribution in [2.75, 3.05) is 0 Å². The quantitative estimate of drug-likeness (QED) is 0.510. The molecule has 0 radical (unpaired) electrons. The molecule has 2 nitrogen and oxygen atoms in total. The fourth-order valence-corrected chi connectivity index (χ4v) is 3.02. The zero-order valence-corrected chi connectivity index (χ0v) is 15.0. The molecule has 5 heteroatoms. The molecule has 1 amide bonds. The van der Waals surface area contributed by atoms with Crippen molar-refractivity contribution in [2.45, 2.75) is 31.1 Å². The summed E-state index contributed by atoms with van der Waals surface area (Å²) in [5, 5.41) is 3.00. The normalized spacial score (nSPS) is 14.2. The summed E-state index contributed by atoms with van der Waals surface area (Å²) in [6, 6.07) is 5.87. The molecule has 0 saturated heterocycles. The largest absolute Gasteiger partial charge is 0.350 e. The molecule has 94 valence electrons. The van der Waals surface area contributed by atoms with Crippen molar-refractivity contribution >= 4 is 60.4 Å². The first kappa shape index (κ1) is 15.4. The Morgan fingerprint density at radius 1 is 1.47 bits per heavy atom. The van der Waals surface area contributed by atoms with Crippen LogP contribution in [0.15, 0.2) is 22.7 Å². The Kier molecular flexibility index (Phi) is 6.44. The third-order valence-corrected chi connectivity index (χ3v) is 4.04. The van der Waals surface area contributed by atoms with Crippen LogP contribution >= 0.6 is 54.5 Å². The fourth-order valence-electron chi connectivity index (χ4n) is 1.52. The number of amides is 1. The average molecular weight is 475 g/mol. The van der Waals surface area contributed by atoms with Crippen LogP contribution in [0.2, 0.25) is 0 Å². The minimum atomic E-state index is -0.0173. The summed E-state index contributed by atoms with van der Waals surface area (Å²) < 4.78 is 1.88. The number of halogens is 3. The number of hydrogen-bond donors (Lipinski definition) is 1. The standard InChI is InChI=1S/C12H14Br2INO/c1-7(13)5-8(2)16-12(17)10-6-9(14)3-4-11(10)15/h3-4,6-8H,5H2,1-2H3,(H,16,17). The summed E-state index contributed by atoms with van der Waals surface area (Å²) >= 11 is 9.04. The molecule has 0 aliphatic rings. The minimum absolute atomic E-state index is 0.0173. The van der Waals surface area contributed by atoms with Gasteiger partial charge < -0.3 is 5.32 Å². The lowest BCUT2D eigenvalue weighted by atomic mass is 10.1. The molecule has 1 aromatic carbocycles. The zero-order chi connectivity index (χ0) is 13.0. The smallest absolute Gasteiger partial charge is 0.252 e. The van der Waals surface area contributed by atoms with Gasteiger partial charge in [-0.25, -0.2) is 0 Å². The third-order valence-electron chi connectivity index (χ3n) is 2.23. The van der Waals surface area contributed by atoms with Crippen LogP contribution in [0, 0.1) is 3.57 Å². The zero-order valence-electron chi connectivity index (χ0n) is 9.64. The second-order valence-corrected chi connectivity index (χ2v) is 7.66. The van der Waals surface area contributed by atoms with Gasteiger partial charge >= 0.3 is 0 Å². The van der Waals surface area contributed by atoms with Crippen LogP contribution in [-0.4, -0.2) is 16.8 Å². The molecule has 1 aromatic rings. The predicted molar refractivity (Wildman–Crippen MR) is 86.8 cm³/mol. The Bertz CT molecular complexity index is 409. The predicted octanol–water partition coefficient (Wildman–Crippen LogP) is 4.35. The van der Waals surface area contributed by atoms with E-state index in [-0.39, 0.29) is 11.9 Å². The molecule has 0 aliphatic carbocycles. The van der Waals surface area contributed by atoms with Crippen LogP contribution in [0.3, 0.4) is 0 Å². The SMILES string of the molecule is CC(Br)CC(C)NC(=O)c1cc(Br)ccc1I. The monoisotopic (exact) mass is 473 g/mol. The highest BCUT2D eigenvalue weighted by Crippen LogP contribution is 2.18. The van der Waals surface area contributed by atoms with Crippen LogP contribution in [-0.2, 0) is 0 Å². The van der Waals surface area contributed by atoms with Crippen molar-refractivity contribution in [1.29, 1.82) is 0 Å². The van der Waals surface area contributed by atoms with Crippen LogP contribution in [0.25, 0.3) is 0 Å². The van der Waals surface area contributed by atoms with E-state index in [9.17, 15) is 4.79 Å². The van der Waals surface area contributed by atoms with Crippen molar-refractivity contribution in [3.8, 4) is 0 Å². The third kappa shape index (κ3) is 5.26. The van der Waals surface area contributed by atoms with E-state index in [1.165, 1.54) is 0 Å². The average Bonchev–Trinajstić information content (AvgIpc) is 2.20. The molecule has 1 N–H and O–H groups in total. The topological polar surface area (TPSA) is 29.1 Å². The van der Waals surface area contributed by atoms with Crippen LogP contribution in [0.1, 0.15) is 30.6 Å². The van der Waals surface area contributed by atoms with Crippen LogP contribution in [0.4, 0.5) is 0 Å². The Balaban J connectivity index is 2.73. The summed E-state index contributed by atoms with van der Waals surface area (Å²) in [4.78, 5) is 12.5. The van der Waals surface area contributed by atoms with E-state index in [0.29, 0.717) is 10.4 Å². The molecule has 0 fully saturated rings. The summed E-state index contributed by atoms with van der Waals surface area (Å²) in [5.74, 6) is -0.0173. The van der Waals surface area contributed by atoms with Gasteiger partial charge in [0.2, 0.25) is 0 Å². The highest BCUT2D eigenvalue weighted by Gasteiger charge is 2.14. The molecule has 2 unspecified atom stereocenters. The van der Waals surface area contributed by atoms with Gasteiger partial charge in [-0.1, -0.05) is 38.8 Å². The lowest BCUT2D eigenvalue weighted by molar-refractivity contribution is 0.0937. The van der Waals surface area contributed by atoms with Crippen LogP contribution < -0.4 is 5.32 Å². The van der Waals surface area contributed by atoms with Crippen molar-refractivity contribution < 1.29 is 4.79 Å². The van der Waals surface area contributed by atoms with E-state index in [1.807, 2.05) is 25.1 Å². The number of nitrogens with one attached hydrogen (secondary N) is 1. The van der Waals surface area contributed by atoms with E-state index >= 15 is 0 Å². The second kappa shape index (κ2) is 7.09. The highest BCUT2D eigenvalue weighted by atomic mass is 127. The summed E-state index contributed by atoms with van der Waals surface area (Å²) in [5.41, 5.74) is 0.717. The number of carbonyl (C=O) groups excluding carboxylic acids is 1. The number of benzene rings is 1. The van der Waals surface area contributed by atoms with Crippen molar-refractivity contribution in [1.82, 2.24) is 5.32 Å². The molecule has 0 aromatic heterocycles. The van der Waals surface area contributed by atoms with E-state index < -0.39 is 0 Å². The summed E-state index contributed by atoms with van der Waals surface area (Å²) in [6.07, 6.45) is 0.913. The molecule has 0 bridgehead atoms. The Hall–Kier alpha value is 0.380. The first-order chi connectivity index (χ1) is 7.90. The number of carbonyl (C=O) groups is 1. The lowest BCUT2D eigenvalue weighted by Gasteiger charge is -2.15. The lowest BCUT2D eigenvalue weighted by Crippen LogP contribution is -2.34. The van der Waals surface area contributed by atoms with Gasteiger partial charge in [-0.05, 0) is 54.1 Å². The van der Waals surface area contributed by atoms with Gasteiger partial charge in [-0.15, -0.1) is 0 Å². The Morgan fingerprint density at radius 3 is 2.71 bits per heavy atom. The molecule has 0 saturated carbocycles. The Labute approximate surface area is 132 Å². The van der Waals surface area contributed by atoms with Gasteiger partial charge in [0, 0.05) is 18.9 Å². The fraction of sp³-hybridized carbons (Fsp3) is 0.417. The van der Waals surface area contributed by atoms with Gasteiger partial charge in [-0.3, -0.25) is 4.79 Å². The minimum Gasteiger partial charge on any atom is -0.350 e. The number of alkyl halides is 1. The van der Waals surface area contributed by atoms with Crippen LogP contribution in [0.5, 0.6) is 0 Å². The molecular formula is C12H14Br2INO. The molecular weight excluding hydrogens is 461 g/mol. The van der Waals surface area contributed by atoms with E-state index in [1.54, 1.807) is 0 Å². The maximum Gasteiger partial charge on any atom is 0.252 e. The molecule has 0 spiro atoms. The van der Waals surface area contributed by atoms with E-state index in [2.05, 4.69) is 66.7 Å². The molecule has 17 heavy (non-hydrogen) atoms. The maximum absolute atomic E-state index is 12.1. The van der Waals surface area contributed by atoms with Crippen molar-refractivity contribution in [2.24, 2.45) is 0 Å². The Morgan fingerprint density at radius 2 is 2.12 bits per heavy atom. The second-order valence-electron chi connectivity index (χ2n) is 4.02. The van der Waals surface area contributed by atoms with Gasteiger partial charge in [0.1, 0.15) is 0 Å². The molecule has 2 atom stereocenters. The van der Waals surface area contributed by atoms with Crippen molar-refractivity contribution in [3.05, 3.63) is 31.8 Å². The summed E-state index contributed by atoms with van der Waals surface area (Å²) in [6.45, 7) is 4.09. The van der Waals surface area contributed by atoms with Crippen molar-refractivity contribution in [3.63, 3.8) is 0 Å². The summed E-state index contributed by atoms with van der Waals surface area (Å²) in [7, 11) is 0. The first-order valence-electron chi connectivity index (χ1n) is 5.30. The van der Waals surface area contributed by atoms with E-state index in [0.717, 1.165) is 14.5 Å².